The molecule has 0 radical (unpaired) electrons. The molecule has 6 saturated carbocycles. The van der Waals surface area contributed by atoms with E-state index in [9.17, 15) is 29.4 Å². The molecule has 0 aliphatic heterocycles. The van der Waals surface area contributed by atoms with Crippen LogP contribution in [-0.2, 0) is 70.8 Å². The molecule has 16 atom stereocenters. The molecule has 6 fully saturated rings. The number of carbonyl (C=O) groups excluding carboxylic acids is 3. The number of nitrogens with two attached hydrogens (primary N) is 2. The van der Waals surface area contributed by atoms with E-state index < -0.39 is 28.1 Å². The van der Waals surface area contributed by atoms with Crippen molar-refractivity contribution in [2.45, 2.75) is 223 Å². The molecule has 6 unspecified atom stereocenters. The van der Waals surface area contributed by atoms with Gasteiger partial charge in [0.15, 0.2) is 0 Å². The Labute approximate surface area is 617 Å². The van der Waals surface area contributed by atoms with Gasteiger partial charge in [0.25, 0.3) is 10.2 Å². The summed E-state index contributed by atoms with van der Waals surface area (Å²) in [6.45, 7) is 25.4. The van der Waals surface area contributed by atoms with Gasteiger partial charge in [-0.25, -0.2) is 6.29 Å². The monoisotopic (exact) mass is 1680 g/mol. The van der Waals surface area contributed by atoms with Gasteiger partial charge in [0.1, 0.15) is 0 Å². The second-order valence-electron chi connectivity index (χ2n) is 29.2. The maximum atomic E-state index is 11.1. The van der Waals surface area contributed by atoms with Crippen LogP contribution in [0.25, 0.3) is 12.3 Å². The standard InChI is InChI=1S/C33H55NO5.C33H54NO4.2CH3.2Li.2HNO3.2H2N.H2O.2Pt/c1-22(2)7-6-8-23(3)27-11-12-28-26-10-9-24-19-25(39-18-17-34(20-30(35)36)21-31(37)38)13-15-32(24,4)29(26)14-16-33(27,28)5;1-23(2)7-6-8-24(3)28-11-12-29-27-10-9-25-21-26(38-20-18-34(17-19-35)22-31(36)37)13-15-32(25,4)30(27)14-16-33(28,29)5;;;;;2*2-1(3)4;;;;;/h9,22-23,25-29H,6-8,10-21H2,1-5H3,(H,35,36)(H,37,38);9,23-24,26-30H,6-8,10-18,20-22H2,1-5H3,(H,36,37);2*1H3;;;2*(H,2,3,4);3*1H2;;/q;3*-1;2*+1;;;2*-1;;2*+2/p-3/t23-,25+,26?,27-,28?,29?,32+,33-;24-,26+,27?,28-,29?,30?,32+,33-;;;;;;;;;;;/m11.........../s1. The van der Waals surface area contributed by atoms with Gasteiger partial charge in [-0.3, -0.25) is 9.69 Å². The van der Waals surface area contributed by atoms with Crippen LogP contribution in [0.1, 0.15) is 210 Å². The van der Waals surface area contributed by atoms with Gasteiger partial charge in [0, 0.05) is 26.2 Å². The van der Waals surface area contributed by atoms with Crippen molar-refractivity contribution < 1.29 is 150 Å². The molecule has 0 spiro atoms. The second kappa shape index (κ2) is 46.6. The number of rotatable bonds is 26. The van der Waals surface area contributed by atoms with Gasteiger partial charge >= 0.3 is 85.8 Å². The quantitative estimate of drug-likeness (QED) is 0.0270. The number of fused-ring (bicyclic) bond motifs is 10. The summed E-state index contributed by atoms with van der Waals surface area (Å²) in [6, 6.07) is 0. The van der Waals surface area contributed by atoms with Crippen molar-refractivity contribution in [2.75, 3.05) is 52.5 Å². The molecule has 8 rings (SSSR count). The minimum Gasteiger partial charge on any atom is -0.870 e. The molecule has 0 heterocycles. The Morgan fingerprint density at radius 2 is 0.947 bits per heavy atom. The molecule has 0 saturated heterocycles. The number of allylic oxidation sites excluding steroid dienone is 2. The van der Waals surface area contributed by atoms with Gasteiger partial charge in [0.2, 0.25) is 0 Å². The normalized spacial score (nSPS) is 30.8. The number of carbonyl (C=O) groups is 3. The molecule has 542 valence electrons. The van der Waals surface area contributed by atoms with E-state index in [1.54, 1.807) is 17.4 Å². The van der Waals surface area contributed by atoms with E-state index in [4.69, 9.17) is 45.2 Å². The molecule has 26 heteroatoms. The zero-order valence-corrected chi connectivity index (χ0v) is 64.3. The summed E-state index contributed by atoms with van der Waals surface area (Å²) >= 11 is 0. The summed E-state index contributed by atoms with van der Waals surface area (Å²) in [5.74, 6) is 6.62. The van der Waals surface area contributed by atoms with Crippen molar-refractivity contribution in [3.05, 3.63) is 70.7 Å². The second-order valence-corrected chi connectivity index (χ2v) is 29.2. The summed E-state index contributed by atoms with van der Waals surface area (Å²) in [4.78, 5) is 63.3. The summed E-state index contributed by atoms with van der Waals surface area (Å²) in [6.07, 6.45) is 35.7. The summed E-state index contributed by atoms with van der Waals surface area (Å²) in [5.41, 5.74) is 4.80. The summed E-state index contributed by atoms with van der Waals surface area (Å²) in [5, 5.41) is 58.2. The molecule has 94 heavy (non-hydrogen) atoms. The Morgan fingerprint density at radius 1 is 0.596 bits per heavy atom. The van der Waals surface area contributed by atoms with Crippen molar-refractivity contribution in [1.82, 2.24) is 9.80 Å². The molecule has 8 aliphatic carbocycles. The topological polar surface area (TPSA) is 383 Å². The predicted molar refractivity (Wildman–Crippen MR) is 345 cm³/mol. The third kappa shape index (κ3) is 27.6. The van der Waals surface area contributed by atoms with Gasteiger partial charge in [-0.15, -0.1) is 20.2 Å². The third-order valence-electron chi connectivity index (χ3n) is 23.4. The number of hydrogen-bond donors (Lipinski definition) is 3. The largest absolute Gasteiger partial charge is 2.00 e. The van der Waals surface area contributed by atoms with Gasteiger partial charge in [-0.05, 0) is 195 Å². The number of aliphatic carboxylic acids is 3. The van der Waals surface area contributed by atoms with E-state index in [1.807, 2.05) is 0 Å². The Kier molecular flexibility index (Phi) is 50.1. The molecule has 8 N–H and O–H groups in total. The van der Waals surface area contributed by atoms with Gasteiger partial charge in [-0.1, -0.05) is 138 Å². The summed E-state index contributed by atoms with van der Waals surface area (Å²) in [7, 11) is 0. The zero-order valence-electron chi connectivity index (χ0n) is 59.7. The Balaban J connectivity index is -0.000000464. The van der Waals surface area contributed by atoms with Crippen molar-refractivity contribution in [3.8, 4) is 0 Å². The van der Waals surface area contributed by atoms with Crippen molar-refractivity contribution in [1.29, 1.82) is 0 Å². The van der Waals surface area contributed by atoms with E-state index in [0.717, 1.165) is 103 Å². The van der Waals surface area contributed by atoms with Crippen LogP contribution in [0.4, 0.5) is 0 Å². The molecule has 0 bridgehead atoms. The van der Waals surface area contributed by atoms with Crippen molar-refractivity contribution >= 4 is 24.2 Å². The van der Waals surface area contributed by atoms with E-state index in [-0.39, 0.29) is 163 Å². The number of ether oxygens (including phenoxy) is 2. The minimum atomic E-state index is -1.50. The van der Waals surface area contributed by atoms with Crippen molar-refractivity contribution in [2.24, 2.45) is 92.7 Å². The first-order valence-corrected chi connectivity index (χ1v) is 32.7. The Hall–Kier alpha value is -1.75. The molecular formula is C68H120Li2N6O16Pt2-2. The maximum Gasteiger partial charge on any atom is 2.00 e. The van der Waals surface area contributed by atoms with Crippen LogP contribution in [-0.4, -0.2) is 130 Å². The Bertz CT molecular complexity index is 2270. The zero-order chi connectivity index (χ0) is 63.0. The van der Waals surface area contributed by atoms with Crippen molar-refractivity contribution in [3.63, 3.8) is 0 Å². The van der Waals surface area contributed by atoms with E-state index in [2.05, 4.69) is 81.4 Å². The fraction of sp³-hybridized carbons (Fsp3) is 0.853. The van der Waals surface area contributed by atoms with Crippen LogP contribution < -0.4 is 47.9 Å². The smallest absolute Gasteiger partial charge is 0.870 e. The van der Waals surface area contributed by atoms with Crippen LogP contribution >= 0.6 is 0 Å². The van der Waals surface area contributed by atoms with E-state index >= 15 is 0 Å². The molecule has 0 aromatic carbocycles. The van der Waals surface area contributed by atoms with Crippen LogP contribution in [0.15, 0.2) is 23.3 Å². The van der Waals surface area contributed by atoms with E-state index in [0.29, 0.717) is 36.0 Å². The average Bonchev–Trinajstić information content (AvgIpc) is 1.34. The number of carboxylic acids is 3. The van der Waals surface area contributed by atoms with Crippen LogP contribution in [0.2, 0.25) is 0 Å². The molecule has 22 nitrogen and oxygen atoms in total. The van der Waals surface area contributed by atoms with Gasteiger partial charge in [0.05, 0.1) is 43.9 Å². The molecule has 0 aromatic rings. The first-order valence-electron chi connectivity index (χ1n) is 32.7. The SMILES string of the molecule is CC(C)CCC[C@@H](C)[C@H]1CCC2C3CC=C4C[C@@H](OCCN(CC(=O)[O-])CC(=O)O)CC[C@]4(C)C3CC[C@@]21C.CC(C)CCC[C@@H](C)[C@H]1CCC2C3CC=C4C[C@@H](OCCN(C[C-]=O)CC(=O)[O-])CC[C@]4(C)C3CC[C@@]21C.O=[N+]([O-])O.O=[N+]([O-])O.[CH3-].[CH3-].[Li+].[Li+].[NH2-].[NH2-].[OH-].[Pt+2].[Pt+2]. The molecule has 0 amide bonds. The first-order chi connectivity index (χ1) is 40.0. The Morgan fingerprint density at radius 3 is 1.28 bits per heavy atom. The fourth-order valence-corrected chi connectivity index (χ4v) is 19.4. The van der Waals surface area contributed by atoms with Crippen LogP contribution in [0, 0.1) is 128 Å². The minimum absolute atomic E-state index is 0. The maximum absolute atomic E-state index is 11.1. The number of nitrogens with zero attached hydrogens (tertiary/aromatic N) is 4. The predicted octanol–water partition coefficient (Wildman–Crippen LogP) is 6.59. The molecule has 8 aliphatic rings. The van der Waals surface area contributed by atoms with Gasteiger partial charge < -0.3 is 87.1 Å². The average molecular weight is 1680 g/mol. The summed E-state index contributed by atoms with van der Waals surface area (Å²) < 4.78 is 12.4. The third-order valence-corrected chi connectivity index (χ3v) is 23.4. The fourth-order valence-electron chi connectivity index (χ4n) is 19.4. The van der Waals surface area contributed by atoms with E-state index in [1.165, 1.54) is 119 Å². The molecule has 0 aromatic heterocycles. The van der Waals surface area contributed by atoms with Gasteiger partial charge in [-0.2, -0.15) is 0 Å². The van der Waals surface area contributed by atoms with Crippen LogP contribution in [0.3, 0.4) is 0 Å². The number of carboxylic acid groups (broad SMARTS) is 3. The van der Waals surface area contributed by atoms with Crippen LogP contribution in [0.5, 0.6) is 0 Å². The molecular weight excluding hydrogens is 1560 g/mol. The first kappa shape index (κ1) is 101. The number of hydrogen-bond acceptors (Lipinski definition) is 15.